The Kier molecular flexibility index (Phi) is 63.1. The predicted molar refractivity (Wildman–Crippen MR) is 71.3 cm³/mol. The monoisotopic (exact) mass is 364 g/mol. The molecule has 0 amide bonds. The Morgan fingerprint density at radius 1 is 0.619 bits per heavy atom. The van der Waals surface area contributed by atoms with Crippen LogP contribution >= 0.6 is 0 Å². The maximum absolute atomic E-state index is 9.00. The average Bonchev–Trinajstić information content (AvgIpc) is 2.13. The summed E-state index contributed by atoms with van der Waals surface area (Å²) in [5, 5.41) is 29.7. The molecule has 10 nitrogen and oxygen atoms in total. The van der Waals surface area contributed by atoms with E-state index in [2.05, 4.69) is 0 Å². The molecule has 0 heterocycles. The molecule has 0 aliphatic rings. The SMILES string of the molecule is CC(=O)O.CC(=O)O.CC(=O)O.CC(=O)O.NCCN.[Zn+2]. The van der Waals surface area contributed by atoms with E-state index in [0.29, 0.717) is 13.1 Å². The van der Waals surface area contributed by atoms with E-state index in [-0.39, 0.29) is 19.5 Å². The Hall–Kier alpha value is -1.58. The van der Waals surface area contributed by atoms with Crippen LogP contribution in [0.25, 0.3) is 0 Å². The van der Waals surface area contributed by atoms with Crippen molar-refractivity contribution >= 4 is 23.9 Å². The van der Waals surface area contributed by atoms with E-state index in [1.165, 1.54) is 0 Å². The summed E-state index contributed by atoms with van der Waals surface area (Å²) in [6.45, 7) is 5.53. The van der Waals surface area contributed by atoms with E-state index in [4.69, 9.17) is 51.1 Å². The second-order valence-corrected chi connectivity index (χ2v) is 2.65. The molecule has 0 saturated carbocycles. The van der Waals surface area contributed by atoms with Gasteiger partial charge in [0.05, 0.1) is 0 Å². The van der Waals surface area contributed by atoms with Crippen LogP contribution in [0.4, 0.5) is 0 Å². The number of carboxylic acid groups (broad SMARTS) is 4. The van der Waals surface area contributed by atoms with Gasteiger partial charge < -0.3 is 31.9 Å². The van der Waals surface area contributed by atoms with Crippen LogP contribution in [-0.2, 0) is 38.7 Å². The molecule has 21 heavy (non-hydrogen) atoms. The maximum atomic E-state index is 9.00. The Morgan fingerprint density at radius 2 is 0.667 bits per heavy atom. The van der Waals surface area contributed by atoms with Crippen molar-refractivity contribution in [3.05, 3.63) is 0 Å². The summed E-state index contributed by atoms with van der Waals surface area (Å²) < 4.78 is 0. The van der Waals surface area contributed by atoms with Gasteiger partial charge in [-0.25, -0.2) is 0 Å². The first kappa shape index (κ1) is 36.6. The fraction of sp³-hybridized carbons (Fsp3) is 0.600. The molecule has 0 spiro atoms. The number of carbonyl (C=O) groups is 4. The van der Waals surface area contributed by atoms with E-state index >= 15 is 0 Å². The van der Waals surface area contributed by atoms with Crippen LogP contribution in [0.3, 0.4) is 0 Å². The molecule has 0 fully saturated rings. The summed E-state index contributed by atoms with van der Waals surface area (Å²) in [6, 6.07) is 0. The summed E-state index contributed by atoms with van der Waals surface area (Å²) in [7, 11) is 0. The summed E-state index contributed by atoms with van der Waals surface area (Å²) in [5.74, 6) is -3.33. The molecule has 0 saturated heterocycles. The van der Waals surface area contributed by atoms with Crippen molar-refractivity contribution in [1.29, 1.82) is 0 Å². The Morgan fingerprint density at radius 3 is 0.667 bits per heavy atom. The Balaban J connectivity index is -0.0000000331. The van der Waals surface area contributed by atoms with Crippen molar-refractivity contribution in [2.45, 2.75) is 27.7 Å². The molecule has 0 bridgehead atoms. The second kappa shape index (κ2) is 36.2. The third kappa shape index (κ3) is 14900. The van der Waals surface area contributed by atoms with Crippen molar-refractivity contribution in [2.75, 3.05) is 13.1 Å². The normalized spacial score (nSPS) is 6.19. The molecular weight excluding hydrogens is 342 g/mol. The van der Waals surface area contributed by atoms with Gasteiger partial charge in [0.25, 0.3) is 23.9 Å². The van der Waals surface area contributed by atoms with E-state index in [1.807, 2.05) is 0 Å². The van der Waals surface area contributed by atoms with Gasteiger partial charge in [0.1, 0.15) is 0 Å². The van der Waals surface area contributed by atoms with E-state index in [0.717, 1.165) is 27.7 Å². The molecule has 0 aromatic carbocycles. The first-order valence-corrected chi connectivity index (χ1v) is 5.03. The minimum absolute atomic E-state index is 0. The van der Waals surface area contributed by atoms with Crippen LogP contribution in [-0.4, -0.2) is 57.4 Å². The van der Waals surface area contributed by atoms with Crippen molar-refractivity contribution in [1.82, 2.24) is 0 Å². The number of hydrogen-bond donors (Lipinski definition) is 6. The molecular formula is C10H24N2O8Zn+2. The van der Waals surface area contributed by atoms with Crippen LogP contribution in [0, 0.1) is 0 Å². The number of carboxylic acids is 4. The van der Waals surface area contributed by atoms with E-state index in [1.54, 1.807) is 0 Å². The molecule has 122 valence electrons. The van der Waals surface area contributed by atoms with Crippen molar-refractivity contribution in [3.63, 3.8) is 0 Å². The molecule has 11 heteroatoms. The van der Waals surface area contributed by atoms with Crippen LogP contribution in [0.15, 0.2) is 0 Å². The van der Waals surface area contributed by atoms with Gasteiger partial charge in [0.15, 0.2) is 0 Å². The first-order chi connectivity index (χ1) is 8.84. The van der Waals surface area contributed by atoms with Gasteiger partial charge in [-0.2, -0.15) is 0 Å². The minimum atomic E-state index is -0.833. The standard InChI is InChI=1S/C2H8N2.4C2H4O2.Zn/c3-1-2-4;4*1-2(3)4;/h1-4H2;4*1H3,(H,3,4);/q;;;;;+2. The molecule has 0 aliphatic heterocycles. The first-order valence-electron chi connectivity index (χ1n) is 5.03. The van der Waals surface area contributed by atoms with E-state index < -0.39 is 23.9 Å². The zero-order valence-corrected chi connectivity index (χ0v) is 15.7. The van der Waals surface area contributed by atoms with Crippen LogP contribution in [0.2, 0.25) is 0 Å². The molecule has 0 aromatic heterocycles. The maximum Gasteiger partial charge on any atom is 2.00 e. The zero-order chi connectivity index (χ0) is 17.7. The summed E-state index contributed by atoms with van der Waals surface area (Å²) in [5.41, 5.74) is 9.81. The largest absolute Gasteiger partial charge is 2.00 e. The molecule has 0 atom stereocenters. The van der Waals surface area contributed by atoms with Crippen LogP contribution in [0.1, 0.15) is 27.7 Å². The van der Waals surface area contributed by atoms with E-state index in [9.17, 15) is 0 Å². The molecule has 0 aromatic rings. The summed E-state index contributed by atoms with van der Waals surface area (Å²) in [6.07, 6.45) is 0. The van der Waals surface area contributed by atoms with Gasteiger partial charge >= 0.3 is 19.5 Å². The molecule has 0 rings (SSSR count). The third-order valence-electron chi connectivity index (χ3n) is 0.167. The average molecular weight is 366 g/mol. The number of nitrogens with two attached hydrogens (primary N) is 2. The predicted octanol–water partition coefficient (Wildman–Crippen LogP) is -0.735. The smallest absolute Gasteiger partial charge is 0.481 e. The molecule has 0 unspecified atom stereocenters. The third-order valence-corrected chi connectivity index (χ3v) is 0.167. The van der Waals surface area contributed by atoms with Gasteiger partial charge in [0, 0.05) is 40.8 Å². The fourth-order valence-electron chi connectivity index (χ4n) is 0. The fourth-order valence-corrected chi connectivity index (χ4v) is 0. The molecule has 0 radical (unpaired) electrons. The van der Waals surface area contributed by atoms with Crippen LogP contribution in [0.5, 0.6) is 0 Å². The van der Waals surface area contributed by atoms with Gasteiger partial charge in [-0.1, -0.05) is 0 Å². The summed E-state index contributed by atoms with van der Waals surface area (Å²) in [4.78, 5) is 36.0. The van der Waals surface area contributed by atoms with Crippen molar-refractivity contribution < 1.29 is 59.1 Å². The topological polar surface area (TPSA) is 201 Å². The number of rotatable bonds is 1. The quantitative estimate of drug-likeness (QED) is 0.321. The minimum Gasteiger partial charge on any atom is -0.481 e. The number of aliphatic carboxylic acids is 4. The van der Waals surface area contributed by atoms with Gasteiger partial charge in [-0.05, 0) is 0 Å². The second-order valence-electron chi connectivity index (χ2n) is 2.65. The van der Waals surface area contributed by atoms with Crippen LogP contribution < -0.4 is 11.5 Å². The van der Waals surface area contributed by atoms with Crippen molar-refractivity contribution in [3.8, 4) is 0 Å². The summed E-state index contributed by atoms with van der Waals surface area (Å²) >= 11 is 0. The van der Waals surface area contributed by atoms with Gasteiger partial charge in [0.2, 0.25) is 0 Å². The Labute approximate surface area is 135 Å². The Bertz CT molecular complexity index is 195. The molecule has 0 aliphatic carbocycles. The van der Waals surface area contributed by atoms with Gasteiger partial charge in [-0.3, -0.25) is 19.2 Å². The molecule has 8 N–H and O–H groups in total. The van der Waals surface area contributed by atoms with Gasteiger partial charge in [-0.15, -0.1) is 0 Å². The number of hydrogen-bond acceptors (Lipinski definition) is 6. The zero-order valence-electron chi connectivity index (χ0n) is 12.7. The van der Waals surface area contributed by atoms with Crippen molar-refractivity contribution in [2.24, 2.45) is 11.5 Å².